The molecule has 1 unspecified atom stereocenters. The normalized spacial score (nSPS) is 13.2. The number of methoxy groups -OCH3 is 1. The Balaban J connectivity index is 2.73. The number of hydrogen-bond acceptors (Lipinski definition) is 3. The van der Waals surface area contributed by atoms with Crippen molar-refractivity contribution >= 4 is 11.6 Å². The molecule has 1 aromatic rings. The van der Waals surface area contributed by atoms with Crippen LogP contribution in [0.2, 0.25) is 0 Å². The zero-order valence-corrected chi connectivity index (χ0v) is 10.8. The third-order valence-corrected chi connectivity index (χ3v) is 2.75. The van der Waals surface area contributed by atoms with E-state index in [9.17, 15) is 4.79 Å². The van der Waals surface area contributed by atoms with E-state index in [0.29, 0.717) is 0 Å². The van der Waals surface area contributed by atoms with Crippen molar-refractivity contribution < 1.29 is 9.53 Å². The molecule has 0 bridgehead atoms. The monoisotopic (exact) mass is 236 g/mol. The maximum absolute atomic E-state index is 11.8. The molecule has 0 aliphatic rings. The Morgan fingerprint density at radius 2 is 1.88 bits per heavy atom. The Hall–Kier alpha value is -1.39. The van der Waals surface area contributed by atoms with Crippen LogP contribution in [0.5, 0.6) is 0 Å². The Morgan fingerprint density at radius 3 is 2.29 bits per heavy atom. The summed E-state index contributed by atoms with van der Waals surface area (Å²) in [5, 5.41) is 2.79. The van der Waals surface area contributed by atoms with E-state index >= 15 is 0 Å². The summed E-state index contributed by atoms with van der Waals surface area (Å²) >= 11 is 0. The van der Waals surface area contributed by atoms with Gasteiger partial charge in [-0.2, -0.15) is 0 Å². The second-order valence-corrected chi connectivity index (χ2v) is 4.58. The topological polar surface area (TPSA) is 64.3 Å². The Bertz CT molecular complexity index is 383. The van der Waals surface area contributed by atoms with Crippen molar-refractivity contribution in [3.8, 4) is 0 Å². The van der Waals surface area contributed by atoms with Gasteiger partial charge < -0.3 is 15.8 Å². The van der Waals surface area contributed by atoms with Gasteiger partial charge in [0.2, 0.25) is 0 Å². The van der Waals surface area contributed by atoms with Crippen LogP contribution in [0, 0.1) is 0 Å². The molecular weight excluding hydrogens is 216 g/mol. The molecular formula is C13H20N2O2. The Labute approximate surface area is 102 Å². The Morgan fingerprint density at radius 1 is 1.35 bits per heavy atom. The molecule has 0 aliphatic heterocycles. The predicted molar refractivity (Wildman–Crippen MR) is 68.8 cm³/mol. The minimum Gasteiger partial charge on any atom is -0.369 e. The average Bonchev–Trinajstić information content (AvgIpc) is 2.29. The summed E-state index contributed by atoms with van der Waals surface area (Å²) in [7, 11) is 1.51. The lowest BCUT2D eigenvalue weighted by Gasteiger charge is -2.21. The van der Waals surface area contributed by atoms with E-state index < -0.39 is 5.60 Å². The second kappa shape index (κ2) is 5.29. The van der Waals surface area contributed by atoms with Crippen LogP contribution in [-0.2, 0) is 9.53 Å². The first-order valence-corrected chi connectivity index (χ1v) is 5.59. The highest BCUT2D eigenvalue weighted by molar-refractivity contribution is 5.96. The molecule has 0 heterocycles. The number of anilines is 1. The minimum absolute atomic E-state index is 0.00447. The lowest BCUT2D eigenvalue weighted by molar-refractivity contribution is -0.133. The van der Waals surface area contributed by atoms with Gasteiger partial charge in [0.15, 0.2) is 0 Å². The molecule has 0 aliphatic carbocycles. The molecule has 0 fully saturated rings. The largest absolute Gasteiger partial charge is 0.369 e. The van der Waals surface area contributed by atoms with Crippen LogP contribution in [0.25, 0.3) is 0 Å². The molecule has 1 rings (SSSR count). The van der Waals surface area contributed by atoms with E-state index in [1.54, 1.807) is 13.8 Å². The number of ether oxygens (including phenoxy) is 1. The summed E-state index contributed by atoms with van der Waals surface area (Å²) in [6, 6.07) is 7.47. The van der Waals surface area contributed by atoms with Gasteiger partial charge in [-0.1, -0.05) is 12.1 Å². The number of amides is 1. The van der Waals surface area contributed by atoms with E-state index in [0.717, 1.165) is 11.3 Å². The summed E-state index contributed by atoms with van der Waals surface area (Å²) < 4.78 is 5.10. The highest BCUT2D eigenvalue weighted by atomic mass is 16.5. The fourth-order valence-corrected chi connectivity index (χ4v) is 1.24. The van der Waals surface area contributed by atoms with Gasteiger partial charge in [0.1, 0.15) is 5.60 Å². The van der Waals surface area contributed by atoms with Gasteiger partial charge in [-0.25, -0.2) is 0 Å². The average molecular weight is 236 g/mol. The number of benzene rings is 1. The van der Waals surface area contributed by atoms with Crippen molar-refractivity contribution in [2.45, 2.75) is 32.4 Å². The van der Waals surface area contributed by atoms with Crippen molar-refractivity contribution in [1.29, 1.82) is 0 Å². The van der Waals surface area contributed by atoms with Gasteiger partial charge in [-0.05, 0) is 38.5 Å². The van der Waals surface area contributed by atoms with E-state index in [-0.39, 0.29) is 11.9 Å². The van der Waals surface area contributed by atoms with Crippen LogP contribution in [0.3, 0.4) is 0 Å². The lowest BCUT2D eigenvalue weighted by atomic mass is 10.1. The van der Waals surface area contributed by atoms with Crippen molar-refractivity contribution in [2.24, 2.45) is 5.73 Å². The van der Waals surface area contributed by atoms with Gasteiger partial charge in [-0.15, -0.1) is 0 Å². The van der Waals surface area contributed by atoms with Crippen LogP contribution in [0.1, 0.15) is 32.4 Å². The highest BCUT2D eigenvalue weighted by Gasteiger charge is 2.26. The summed E-state index contributed by atoms with van der Waals surface area (Å²) in [5.74, 6) is -0.173. The number of carbonyl (C=O) groups is 1. The number of hydrogen-bond donors (Lipinski definition) is 2. The molecule has 4 nitrogen and oxygen atoms in total. The number of rotatable bonds is 4. The van der Waals surface area contributed by atoms with Gasteiger partial charge in [-0.3, -0.25) is 4.79 Å². The molecule has 1 amide bonds. The van der Waals surface area contributed by atoms with Crippen LogP contribution < -0.4 is 11.1 Å². The Kier molecular flexibility index (Phi) is 4.26. The molecule has 0 radical (unpaired) electrons. The first-order valence-electron chi connectivity index (χ1n) is 5.59. The van der Waals surface area contributed by atoms with E-state index in [1.807, 2.05) is 31.2 Å². The van der Waals surface area contributed by atoms with E-state index in [2.05, 4.69) is 5.32 Å². The van der Waals surface area contributed by atoms with Gasteiger partial charge in [0, 0.05) is 18.8 Å². The summed E-state index contributed by atoms with van der Waals surface area (Å²) in [6.45, 7) is 5.36. The molecule has 0 saturated carbocycles. The number of carbonyl (C=O) groups excluding carboxylic acids is 1. The minimum atomic E-state index is -0.834. The molecule has 1 atom stereocenters. The standard InChI is InChI=1S/C13H20N2O2/c1-9(14)10-5-7-11(8-6-10)15-12(16)13(2,3)17-4/h5-9H,14H2,1-4H3,(H,15,16). The van der Waals surface area contributed by atoms with Crippen LogP contribution in [0.4, 0.5) is 5.69 Å². The van der Waals surface area contributed by atoms with Crippen molar-refractivity contribution in [3.05, 3.63) is 29.8 Å². The highest BCUT2D eigenvalue weighted by Crippen LogP contribution is 2.16. The molecule has 0 spiro atoms. The van der Waals surface area contributed by atoms with Crippen LogP contribution in [0.15, 0.2) is 24.3 Å². The predicted octanol–water partition coefficient (Wildman–Crippen LogP) is 2.07. The van der Waals surface area contributed by atoms with Crippen LogP contribution >= 0.6 is 0 Å². The molecule has 0 aromatic heterocycles. The van der Waals surface area contributed by atoms with Crippen molar-refractivity contribution in [3.63, 3.8) is 0 Å². The summed E-state index contributed by atoms with van der Waals surface area (Å²) in [5.41, 5.74) is 6.69. The third-order valence-electron chi connectivity index (χ3n) is 2.75. The molecule has 17 heavy (non-hydrogen) atoms. The van der Waals surface area contributed by atoms with Gasteiger partial charge >= 0.3 is 0 Å². The zero-order chi connectivity index (χ0) is 13.1. The molecule has 4 heteroatoms. The molecule has 94 valence electrons. The quantitative estimate of drug-likeness (QED) is 0.841. The van der Waals surface area contributed by atoms with E-state index in [4.69, 9.17) is 10.5 Å². The number of nitrogens with two attached hydrogens (primary N) is 1. The van der Waals surface area contributed by atoms with Gasteiger partial charge in [0.05, 0.1) is 0 Å². The fourth-order valence-electron chi connectivity index (χ4n) is 1.24. The molecule has 3 N–H and O–H groups in total. The first-order chi connectivity index (χ1) is 7.86. The third kappa shape index (κ3) is 3.54. The summed E-state index contributed by atoms with van der Waals surface area (Å²) in [6.07, 6.45) is 0. The van der Waals surface area contributed by atoms with Crippen molar-refractivity contribution in [1.82, 2.24) is 0 Å². The zero-order valence-electron chi connectivity index (χ0n) is 10.8. The smallest absolute Gasteiger partial charge is 0.256 e. The van der Waals surface area contributed by atoms with Crippen LogP contribution in [-0.4, -0.2) is 18.6 Å². The second-order valence-electron chi connectivity index (χ2n) is 4.58. The van der Waals surface area contributed by atoms with E-state index in [1.165, 1.54) is 7.11 Å². The summed E-state index contributed by atoms with van der Waals surface area (Å²) in [4.78, 5) is 11.8. The molecule has 0 saturated heterocycles. The number of nitrogens with one attached hydrogen (secondary N) is 1. The van der Waals surface area contributed by atoms with Gasteiger partial charge in [0.25, 0.3) is 5.91 Å². The lowest BCUT2D eigenvalue weighted by Crippen LogP contribution is -2.38. The first kappa shape index (κ1) is 13.7. The SMILES string of the molecule is COC(C)(C)C(=O)Nc1ccc(C(C)N)cc1. The maximum Gasteiger partial charge on any atom is 0.256 e. The molecule has 1 aromatic carbocycles. The fraction of sp³-hybridized carbons (Fsp3) is 0.462. The van der Waals surface area contributed by atoms with Crippen molar-refractivity contribution in [2.75, 3.05) is 12.4 Å². The maximum atomic E-state index is 11.8.